The van der Waals surface area contributed by atoms with Gasteiger partial charge < -0.3 is 15.5 Å². The molecule has 112 valence electrons. The van der Waals surface area contributed by atoms with Gasteiger partial charge in [-0.05, 0) is 34.5 Å². The van der Waals surface area contributed by atoms with Crippen molar-refractivity contribution in [1.29, 1.82) is 5.26 Å². The number of fused-ring (bicyclic) bond motifs is 2. The molecule has 0 radical (unpaired) electrons. The molecular formula is C17H11N3O2S. The first-order chi connectivity index (χ1) is 11.2. The van der Waals surface area contributed by atoms with Crippen molar-refractivity contribution in [2.24, 2.45) is 5.73 Å². The smallest absolute Gasteiger partial charge is 0.232 e. The third-order valence-electron chi connectivity index (χ3n) is 3.94. The highest BCUT2D eigenvalue weighted by molar-refractivity contribution is 7.08. The molecule has 23 heavy (non-hydrogen) atoms. The van der Waals surface area contributed by atoms with Crippen molar-refractivity contribution in [2.75, 3.05) is 0 Å². The number of nitrogens with one attached hydrogen (secondary N) is 1. The highest BCUT2D eigenvalue weighted by Crippen LogP contribution is 2.39. The highest BCUT2D eigenvalue weighted by atomic mass is 32.1. The second-order valence-electron chi connectivity index (χ2n) is 5.23. The summed E-state index contributed by atoms with van der Waals surface area (Å²) in [5.74, 6) is -0.267. The Morgan fingerprint density at radius 3 is 2.87 bits per heavy atom. The summed E-state index contributed by atoms with van der Waals surface area (Å²) >= 11 is 1.53. The first kappa shape index (κ1) is 13.6. The maximum atomic E-state index is 12.7. The summed E-state index contributed by atoms with van der Waals surface area (Å²) in [6, 6.07) is 11.1. The van der Waals surface area contributed by atoms with Crippen LogP contribution in [0.15, 0.2) is 57.3 Å². The summed E-state index contributed by atoms with van der Waals surface area (Å²) < 4.78 is 5.51. The molecule has 1 aromatic carbocycles. The van der Waals surface area contributed by atoms with E-state index < -0.39 is 5.92 Å². The van der Waals surface area contributed by atoms with Gasteiger partial charge in [-0.25, -0.2) is 0 Å². The number of nitrogens with zero attached hydrogens (tertiary/aromatic N) is 1. The number of pyridine rings is 1. The van der Waals surface area contributed by atoms with Crippen LogP contribution in [-0.2, 0) is 0 Å². The number of nitriles is 1. The van der Waals surface area contributed by atoms with Gasteiger partial charge in [0.25, 0.3) is 0 Å². The Balaban J connectivity index is 2.08. The van der Waals surface area contributed by atoms with Gasteiger partial charge in [-0.3, -0.25) is 4.79 Å². The quantitative estimate of drug-likeness (QED) is 0.721. The van der Waals surface area contributed by atoms with E-state index in [9.17, 15) is 10.1 Å². The lowest BCUT2D eigenvalue weighted by atomic mass is 9.91. The molecular weight excluding hydrogens is 310 g/mol. The van der Waals surface area contributed by atoms with Gasteiger partial charge in [-0.15, -0.1) is 0 Å². The van der Waals surface area contributed by atoms with Gasteiger partial charge in [-0.1, -0.05) is 12.1 Å². The third-order valence-corrected chi connectivity index (χ3v) is 4.64. The van der Waals surface area contributed by atoms with E-state index in [-0.39, 0.29) is 16.9 Å². The number of hydrogen-bond donors (Lipinski definition) is 2. The second kappa shape index (κ2) is 5.00. The molecule has 0 spiro atoms. The predicted octanol–water partition coefficient (Wildman–Crippen LogP) is 2.81. The number of para-hydroxylation sites is 1. The van der Waals surface area contributed by atoms with Crippen LogP contribution in [0.2, 0.25) is 0 Å². The summed E-state index contributed by atoms with van der Waals surface area (Å²) in [5, 5.41) is 13.7. The molecule has 2 aromatic heterocycles. The molecule has 0 aliphatic carbocycles. The fourth-order valence-electron chi connectivity index (χ4n) is 2.86. The van der Waals surface area contributed by atoms with E-state index in [2.05, 4.69) is 4.98 Å². The van der Waals surface area contributed by atoms with E-state index >= 15 is 0 Å². The monoisotopic (exact) mass is 321 g/mol. The first-order valence-corrected chi connectivity index (χ1v) is 7.89. The zero-order valence-corrected chi connectivity index (χ0v) is 12.7. The average molecular weight is 321 g/mol. The van der Waals surface area contributed by atoms with Crippen molar-refractivity contribution in [3.63, 3.8) is 0 Å². The van der Waals surface area contributed by atoms with Crippen molar-refractivity contribution in [3.05, 3.63) is 74.0 Å². The Bertz CT molecular complexity index is 1040. The molecule has 1 aliphatic rings. The molecule has 0 fully saturated rings. The van der Waals surface area contributed by atoms with Crippen LogP contribution in [-0.4, -0.2) is 4.98 Å². The highest BCUT2D eigenvalue weighted by Gasteiger charge is 2.33. The zero-order valence-electron chi connectivity index (χ0n) is 11.9. The Hall–Kier alpha value is -3.04. The topological polar surface area (TPSA) is 91.9 Å². The number of thiophene rings is 1. The molecule has 4 rings (SSSR count). The maximum Gasteiger partial charge on any atom is 0.232 e. The Kier molecular flexibility index (Phi) is 2.96. The van der Waals surface area contributed by atoms with E-state index in [4.69, 9.17) is 10.5 Å². The van der Waals surface area contributed by atoms with E-state index in [0.717, 1.165) is 5.56 Å². The first-order valence-electron chi connectivity index (χ1n) is 6.95. The van der Waals surface area contributed by atoms with Crippen LogP contribution >= 0.6 is 11.3 Å². The van der Waals surface area contributed by atoms with Crippen LogP contribution in [0.1, 0.15) is 17.2 Å². The van der Waals surface area contributed by atoms with Crippen molar-refractivity contribution >= 4 is 22.2 Å². The molecule has 0 saturated carbocycles. The summed E-state index contributed by atoms with van der Waals surface area (Å²) in [6.45, 7) is 0. The number of hydrogen-bond acceptors (Lipinski definition) is 5. The van der Waals surface area contributed by atoms with Gasteiger partial charge in [-0.2, -0.15) is 16.6 Å². The minimum absolute atomic E-state index is 0.0190. The minimum Gasteiger partial charge on any atom is -0.438 e. The number of aromatic nitrogens is 1. The minimum atomic E-state index is -0.392. The number of allylic oxidation sites excluding steroid dienone is 2. The predicted molar refractivity (Wildman–Crippen MR) is 88.2 cm³/mol. The molecule has 1 unspecified atom stereocenters. The van der Waals surface area contributed by atoms with Crippen LogP contribution in [0.3, 0.4) is 0 Å². The lowest BCUT2D eigenvalue weighted by Gasteiger charge is -2.25. The van der Waals surface area contributed by atoms with Gasteiger partial charge in [0.2, 0.25) is 11.2 Å². The largest absolute Gasteiger partial charge is 0.438 e. The standard InChI is InChI=1S/C17H11N3O2S/c18-7-12-14(19)13(9-5-6-23-8-9)15-17(22-12)16(21)10-3-1-2-4-11(10)20-15/h1-6,8,13H,19H2,(H,20,21). The molecule has 5 nitrogen and oxygen atoms in total. The molecule has 6 heteroatoms. The second-order valence-corrected chi connectivity index (χ2v) is 6.01. The van der Waals surface area contributed by atoms with Crippen molar-refractivity contribution < 1.29 is 4.74 Å². The Labute approximate surface area is 135 Å². The van der Waals surface area contributed by atoms with E-state index in [0.29, 0.717) is 22.3 Å². The number of nitrogens with two attached hydrogens (primary N) is 1. The Morgan fingerprint density at radius 1 is 1.30 bits per heavy atom. The van der Waals surface area contributed by atoms with Crippen LogP contribution < -0.4 is 15.9 Å². The van der Waals surface area contributed by atoms with Gasteiger partial charge in [0.15, 0.2) is 5.75 Å². The van der Waals surface area contributed by atoms with Crippen molar-refractivity contribution in [2.45, 2.75) is 5.92 Å². The summed E-state index contributed by atoms with van der Waals surface area (Å²) in [4.78, 5) is 16.0. The fourth-order valence-corrected chi connectivity index (χ4v) is 3.55. The molecule has 1 aliphatic heterocycles. The van der Waals surface area contributed by atoms with E-state index in [1.165, 1.54) is 11.3 Å². The molecule has 1 atom stereocenters. The van der Waals surface area contributed by atoms with Gasteiger partial charge in [0.05, 0.1) is 17.3 Å². The van der Waals surface area contributed by atoms with Crippen molar-refractivity contribution in [3.8, 4) is 11.8 Å². The SMILES string of the molecule is N#CC1=C(N)C(c2ccsc2)c2[nH]c3ccccc3c(=O)c2O1. The van der Waals surface area contributed by atoms with E-state index in [1.807, 2.05) is 35.0 Å². The summed E-state index contributed by atoms with van der Waals surface area (Å²) in [7, 11) is 0. The van der Waals surface area contributed by atoms with Gasteiger partial charge >= 0.3 is 0 Å². The number of H-pyrrole nitrogens is 1. The zero-order chi connectivity index (χ0) is 16.0. The van der Waals surface area contributed by atoms with Gasteiger partial charge in [0.1, 0.15) is 6.07 Å². The van der Waals surface area contributed by atoms with Gasteiger partial charge in [0, 0.05) is 10.9 Å². The normalized spacial score (nSPS) is 16.7. The summed E-state index contributed by atoms with van der Waals surface area (Å²) in [5.41, 5.74) is 8.45. The fraction of sp³-hybridized carbons (Fsp3) is 0.0588. The molecule has 3 heterocycles. The molecule has 0 saturated heterocycles. The van der Waals surface area contributed by atoms with Crippen molar-refractivity contribution in [1.82, 2.24) is 4.98 Å². The average Bonchev–Trinajstić information content (AvgIpc) is 3.09. The summed E-state index contributed by atoms with van der Waals surface area (Å²) in [6.07, 6.45) is 0. The lowest BCUT2D eigenvalue weighted by molar-refractivity contribution is 0.408. The third kappa shape index (κ3) is 1.94. The van der Waals surface area contributed by atoms with E-state index in [1.54, 1.807) is 12.1 Å². The number of rotatable bonds is 1. The molecule has 3 aromatic rings. The Morgan fingerprint density at radius 2 is 2.13 bits per heavy atom. The van der Waals surface area contributed by atoms with Crippen LogP contribution in [0.4, 0.5) is 0 Å². The molecule has 0 amide bonds. The lowest BCUT2D eigenvalue weighted by Crippen LogP contribution is -2.26. The van der Waals surface area contributed by atoms with Crippen LogP contribution in [0.5, 0.6) is 5.75 Å². The maximum absolute atomic E-state index is 12.7. The molecule has 3 N–H and O–H groups in total. The molecule has 0 bridgehead atoms. The number of benzene rings is 1. The number of aromatic amines is 1. The van der Waals surface area contributed by atoms with Crippen LogP contribution in [0, 0.1) is 11.3 Å². The number of ether oxygens (including phenoxy) is 1. The van der Waals surface area contributed by atoms with Crippen LogP contribution in [0.25, 0.3) is 10.9 Å².